The fourth-order valence-corrected chi connectivity index (χ4v) is 1.17. The van der Waals surface area contributed by atoms with Crippen molar-refractivity contribution in [2.24, 2.45) is 5.10 Å². The predicted molar refractivity (Wildman–Crippen MR) is 61.8 cm³/mol. The fourth-order valence-electron chi connectivity index (χ4n) is 1.17. The van der Waals surface area contributed by atoms with Crippen LogP contribution in [-0.4, -0.2) is 26.8 Å². The number of nitrogens with one attached hydrogen (secondary N) is 2. The van der Waals surface area contributed by atoms with Gasteiger partial charge in [-0.3, -0.25) is 5.43 Å². The molecular formula is C10H10N6. The summed E-state index contributed by atoms with van der Waals surface area (Å²) in [6.45, 7) is 0. The highest BCUT2D eigenvalue weighted by atomic mass is 15.5. The van der Waals surface area contributed by atoms with Crippen molar-refractivity contribution in [3.05, 3.63) is 42.2 Å². The van der Waals surface area contributed by atoms with Gasteiger partial charge in [-0.25, -0.2) is 0 Å². The number of fused-ring (bicyclic) bond motifs is 1. The average molecular weight is 214 g/mol. The van der Waals surface area contributed by atoms with Crippen molar-refractivity contribution in [1.82, 2.24) is 20.6 Å². The summed E-state index contributed by atoms with van der Waals surface area (Å²) >= 11 is 0. The Morgan fingerprint density at radius 1 is 1.12 bits per heavy atom. The predicted octanol–water partition coefficient (Wildman–Crippen LogP) is 1.31. The zero-order valence-electron chi connectivity index (χ0n) is 8.41. The van der Waals surface area contributed by atoms with E-state index in [1.54, 1.807) is 6.21 Å². The SMILES string of the molecule is C1=Cc2ccccc2NN=C1.c1nn[nH]n1. The van der Waals surface area contributed by atoms with Gasteiger partial charge in [0.25, 0.3) is 0 Å². The maximum absolute atomic E-state index is 3.95. The molecule has 1 aliphatic rings. The summed E-state index contributed by atoms with van der Waals surface area (Å²) in [7, 11) is 0. The Hall–Kier alpha value is -2.50. The number of benzene rings is 1. The van der Waals surface area contributed by atoms with Crippen LogP contribution >= 0.6 is 0 Å². The van der Waals surface area contributed by atoms with E-state index in [1.165, 1.54) is 11.9 Å². The Morgan fingerprint density at radius 3 is 2.81 bits per heavy atom. The summed E-state index contributed by atoms with van der Waals surface area (Å²) < 4.78 is 0. The summed E-state index contributed by atoms with van der Waals surface area (Å²) in [6, 6.07) is 8.05. The molecule has 2 N–H and O–H groups in total. The maximum Gasteiger partial charge on any atom is 0.161 e. The molecule has 1 aromatic carbocycles. The highest BCUT2D eigenvalue weighted by Crippen LogP contribution is 2.17. The first-order valence-corrected chi connectivity index (χ1v) is 4.68. The molecule has 0 aliphatic carbocycles. The van der Waals surface area contributed by atoms with E-state index in [4.69, 9.17) is 0 Å². The topological polar surface area (TPSA) is 78.9 Å². The van der Waals surface area contributed by atoms with Gasteiger partial charge in [-0.2, -0.15) is 10.3 Å². The van der Waals surface area contributed by atoms with E-state index < -0.39 is 0 Å². The average Bonchev–Trinajstić information content (AvgIpc) is 2.81. The largest absolute Gasteiger partial charge is 0.278 e. The standard InChI is InChI=1S/C9H8N2.CH2N4/c1-2-6-9-8(4-1)5-3-7-10-11-9;1-2-4-5-3-1/h1-7,11H;1H,(H,2,3,4,5). The summed E-state index contributed by atoms with van der Waals surface area (Å²) in [5.41, 5.74) is 5.16. The number of H-pyrrole nitrogens is 1. The zero-order valence-corrected chi connectivity index (χ0v) is 8.41. The first-order chi connectivity index (χ1) is 7.97. The molecule has 0 spiro atoms. The monoisotopic (exact) mass is 214 g/mol. The Balaban J connectivity index is 0.000000162. The van der Waals surface area contributed by atoms with Gasteiger partial charge in [-0.15, -0.1) is 10.2 Å². The fraction of sp³-hybridized carbons (Fsp3) is 0. The first-order valence-electron chi connectivity index (χ1n) is 4.68. The molecular weight excluding hydrogens is 204 g/mol. The number of para-hydroxylation sites is 1. The number of anilines is 1. The van der Waals surface area contributed by atoms with Gasteiger partial charge >= 0.3 is 0 Å². The number of aromatic amines is 1. The van der Waals surface area contributed by atoms with E-state index in [0.29, 0.717) is 0 Å². The normalized spacial score (nSPS) is 11.8. The molecule has 2 aromatic rings. The van der Waals surface area contributed by atoms with Crippen LogP contribution < -0.4 is 5.43 Å². The van der Waals surface area contributed by atoms with Crippen LogP contribution in [0.3, 0.4) is 0 Å². The number of tetrazole rings is 1. The van der Waals surface area contributed by atoms with E-state index in [-0.39, 0.29) is 0 Å². The number of aromatic nitrogens is 4. The first kappa shape index (κ1) is 10.0. The van der Waals surface area contributed by atoms with Gasteiger partial charge in [-0.05, 0) is 17.7 Å². The van der Waals surface area contributed by atoms with Crippen molar-refractivity contribution in [3.63, 3.8) is 0 Å². The lowest BCUT2D eigenvalue weighted by molar-refractivity contribution is 0.881. The second-order valence-electron chi connectivity index (χ2n) is 2.90. The van der Waals surface area contributed by atoms with Crippen LogP contribution in [0.25, 0.3) is 6.08 Å². The smallest absolute Gasteiger partial charge is 0.161 e. The number of allylic oxidation sites excluding steroid dienone is 1. The van der Waals surface area contributed by atoms with Crippen molar-refractivity contribution in [3.8, 4) is 0 Å². The molecule has 0 saturated carbocycles. The number of nitrogens with zero attached hydrogens (tertiary/aromatic N) is 4. The Labute approximate surface area is 92.1 Å². The molecule has 6 nitrogen and oxygen atoms in total. The third-order valence-corrected chi connectivity index (χ3v) is 1.85. The second-order valence-corrected chi connectivity index (χ2v) is 2.90. The van der Waals surface area contributed by atoms with Crippen LogP contribution in [0.5, 0.6) is 0 Å². The minimum absolute atomic E-state index is 1.05. The number of hydrogen-bond donors (Lipinski definition) is 2. The zero-order chi connectivity index (χ0) is 11.1. The third-order valence-electron chi connectivity index (χ3n) is 1.85. The Morgan fingerprint density at radius 2 is 2.06 bits per heavy atom. The van der Waals surface area contributed by atoms with Crippen molar-refractivity contribution in [2.45, 2.75) is 0 Å². The van der Waals surface area contributed by atoms with Gasteiger partial charge in [0, 0.05) is 6.21 Å². The summed E-state index contributed by atoms with van der Waals surface area (Å²) in [5.74, 6) is 0. The molecule has 6 heteroatoms. The molecule has 16 heavy (non-hydrogen) atoms. The molecule has 0 bridgehead atoms. The van der Waals surface area contributed by atoms with Crippen LogP contribution in [0, 0.1) is 0 Å². The Bertz CT molecular complexity index is 457. The molecule has 0 unspecified atom stereocenters. The van der Waals surface area contributed by atoms with Crippen LogP contribution in [0.1, 0.15) is 5.56 Å². The summed E-state index contributed by atoms with van der Waals surface area (Å²) in [4.78, 5) is 0. The van der Waals surface area contributed by atoms with Gasteiger partial charge in [0.05, 0.1) is 5.69 Å². The van der Waals surface area contributed by atoms with Gasteiger partial charge in [-0.1, -0.05) is 29.5 Å². The number of hydrazone groups is 1. The highest BCUT2D eigenvalue weighted by Gasteiger charge is 1.96. The van der Waals surface area contributed by atoms with E-state index in [9.17, 15) is 0 Å². The van der Waals surface area contributed by atoms with Crippen molar-refractivity contribution < 1.29 is 0 Å². The molecule has 2 heterocycles. The lowest BCUT2D eigenvalue weighted by atomic mass is 10.2. The van der Waals surface area contributed by atoms with Gasteiger partial charge in [0.15, 0.2) is 6.33 Å². The van der Waals surface area contributed by atoms with Crippen LogP contribution in [0.2, 0.25) is 0 Å². The lowest BCUT2D eigenvalue weighted by Crippen LogP contribution is -1.87. The van der Waals surface area contributed by atoms with Gasteiger partial charge in [0.1, 0.15) is 0 Å². The molecule has 0 fully saturated rings. The molecule has 0 amide bonds. The van der Waals surface area contributed by atoms with Gasteiger partial charge in [0.2, 0.25) is 0 Å². The summed E-state index contributed by atoms with van der Waals surface area (Å²) in [6.07, 6.45) is 7.01. The third kappa shape index (κ3) is 2.74. The minimum atomic E-state index is 1.05. The van der Waals surface area contributed by atoms with E-state index >= 15 is 0 Å². The van der Waals surface area contributed by atoms with Crippen molar-refractivity contribution in [1.29, 1.82) is 0 Å². The molecule has 1 aromatic heterocycles. The molecule has 1 aliphatic heterocycles. The van der Waals surface area contributed by atoms with E-state index in [2.05, 4.69) is 31.2 Å². The van der Waals surface area contributed by atoms with Crippen molar-refractivity contribution in [2.75, 3.05) is 5.43 Å². The molecule has 0 radical (unpaired) electrons. The highest BCUT2D eigenvalue weighted by molar-refractivity contribution is 5.83. The second kappa shape index (κ2) is 5.40. The lowest BCUT2D eigenvalue weighted by Gasteiger charge is -2.00. The number of hydrogen-bond acceptors (Lipinski definition) is 5. The van der Waals surface area contributed by atoms with Crippen LogP contribution in [0.4, 0.5) is 5.69 Å². The Kier molecular flexibility index (Phi) is 3.38. The van der Waals surface area contributed by atoms with E-state index in [0.717, 1.165) is 5.69 Å². The van der Waals surface area contributed by atoms with E-state index in [1.807, 2.05) is 36.4 Å². The van der Waals surface area contributed by atoms with Crippen LogP contribution in [0.15, 0.2) is 41.8 Å². The molecule has 0 saturated heterocycles. The maximum atomic E-state index is 3.95. The minimum Gasteiger partial charge on any atom is -0.278 e. The molecule has 0 atom stereocenters. The van der Waals surface area contributed by atoms with Crippen molar-refractivity contribution >= 4 is 18.0 Å². The van der Waals surface area contributed by atoms with Gasteiger partial charge < -0.3 is 0 Å². The summed E-state index contributed by atoms with van der Waals surface area (Å²) in [5, 5.41) is 16.1. The number of rotatable bonds is 0. The quantitative estimate of drug-likeness (QED) is 0.693. The molecule has 3 rings (SSSR count). The molecule has 80 valence electrons. The van der Waals surface area contributed by atoms with Crippen LogP contribution in [-0.2, 0) is 0 Å².